The number of methoxy groups -OCH3 is 1. The average molecular weight is 893 g/mol. The maximum Gasteiger partial charge on any atom is 0.342 e. The number of Topliss-reactive ketones (excluding diaryl/α,β-unsaturated/α-hetero) is 1. The molecule has 0 amide bonds. The van der Waals surface area contributed by atoms with Crippen molar-refractivity contribution in [3.05, 3.63) is 33.9 Å². The van der Waals surface area contributed by atoms with Crippen LogP contribution in [0.3, 0.4) is 0 Å². The fourth-order valence-electron chi connectivity index (χ4n) is 9.34. The van der Waals surface area contributed by atoms with E-state index in [0.717, 1.165) is 5.57 Å². The van der Waals surface area contributed by atoms with Gasteiger partial charge in [-0.2, -0.15) is 0 Å². The van der Waals surface area contributed by atoms with Crippen LogP contribution in [0.25, 0.3) is 0 Å². The Balaban J connectivity index is 1.61. The summed E-state index contributed by atoms with van der Waals surface area (Å²) in [6, 6.07) is -1.10. The Labute approximate surface area is 371 Å². The first-order valence-electron chi connectivity index (χ1n) is 21.9. The van der Waals surface area contributed by atoms with E-state index in [1.807, 2.05) is 45.8 Å². The van der Waals surface area contributed by atoms with Crippen LogP contribution in [-0.4, -0.2) is 161 Å². The molecule has 0 aliphatic carbocycles. The zero-order chi connectivity index (χ0) is 47.5. The van der Waals surface area contributed by atoms with Crippen molar-refractivity contribution in [3.63, 3.8) is 0 Å². The van der Waals surface area contributed by atoms with Crippen molar-refractivity contribution in [1.29, 1.82) is 0 Å². The Bertz CT molecular complexity index is 1850. The molecular formula is C46H72N2O15. The molecule has 63 heavy (non-hydrogen) atoms. The topological polar surface area (TPSA) is 231 Å². The van der Waals surface area contributed by atoms with E-state index in [0.29, 0.717) is 41.8 Å². The largest absolute Gasteiger partial charge is 0.507 e. The van der Waals surface area contributed by atoms with E-state index in [-0.39, 0.29) is 43.1 Å². The van der Waals surface area contributed by atoms with Gasteiger partial charge in [0, 0.05) is 36.1 Å². The lowest BCUT2D eigenvalue weighted by molar-refractivity contribution is -0.296. The Kier molecular flexibility index (Phi) is 17.4. The van der Waals surface area contributed by atoms with Gasteiger partial charge in [-0.15, -0.1) is 0 Å². The van der Waals surface area contributed by atoms with Crippen LogP contribution in [0.1, 0.15) is 108 Å². The van der Waals surface area contributed by atoms with Gasteiger partial charge in [0.2, 0.25) is 0 Å². The lowest BCUT2D eigenvalue weighted by Crippen LogP contribution is -2.60. The van der Waals surface area contributed by atoms with Crippen molar-refractivity contribution in [2.24, 2.45) is 17.8 Å². The molecule has 0 saturated carbocycles. The molecule has 356 valence electrons. The minimum Gasteiger partial charge on any atom is -0.507 e. The summed E-state index contributed by atoms with van der Waals surface area (Å²) in [5, 5.41) is 56.2. The number of hydrogen-bond donors (Lipinski definition) is 5. The summed E-state index contributed by atoms with van der Waals surface area (Å²) in [6.07, 6.45) is -4.15. The molecule has 3 aliphatic heterocycles. The Morgan fingerprint density at radius 1 is 1.06 bits per heavy atom. The molecule has 0 bridgehead atoms. The number of benzene rings is 1. The van der Waals surface area contributed by atoms with E-state index >= 15 is 0 Å². The van der Waals surface area contributed by atoms with Crippen molar-refractivity contribution < 1.29 is 73.1 Å². The molecule has 17 nitrogen and oxygen atoms in total. The first-order chi connectivity index (χ1) is 29.3. The van der Waals surface area contributed by atoms with E-state index in [2.05, 4.69) is 0 Å². The lowest BCUT2D eigenvalue weighted by atomic mass is 9.78. The molecule has 0 spiro atoms. The molecule has 2 saturated heterocycles. The maximum absolute atomic E-state index is 14.2. The number of ketones is 1. The van der Waals surface area contributed by atoms with Crippen molar-refractivity contribution in [2.45, 2.75) is 161 Å². The molecule has 1 aromatic carbocycles. The quantitative estimate of drug-likeness (QED) is 0.0931. The fraction of sp³-hybridized carbons (Fsp3) is 0.739. The molecule has 13 atom stereocenters. The number of nitrogens with zero attached hydrogens (tertiary/aromatic N) is 2. The number of aliphatic hydroxyl groups is 4. The zero-order valence-electron chi connectivity index (χ0n) is 39.3. The second kappa shape index (κ2) is 21.1. The van der Waals surface area contributed by atoms with E-state index in [4.69, 9.17) is 28.4 Å². The predicted octanol–water partition coefficient (Wildman–Crippen LogP) is 2.98. The molecule has 2 fully saturated rings. The van der Waals surface area contributed by atoms with Crippen LogP contribution in [0.2, 0.25) is 0 Å². The summed E-state index contributed by atoms with van der Waals surface area (Å²) in [5.74, 6) is -5.46. The van der Waals surface area contributed by atoms with Gasteiger partial charge in [-0.05, 0) is 107 Å². The van der Waals surface area contributed by atoms with Crippen molar-refractivity contribution in [3.8, 4) is 11.5 Å². The van der Waals surface area contributed by atoms with E-state index < -0.39 is 102 Å². The van der Waals surface area contributed by atoms with Gasteiger partial charge in [0.1, 0.15) is 41.3 Å². The van der Waals surface area contributed by atoms with E-state index in [1.54, 1.807) is 32.7 Å². The standard InChI is InChI=1S/C46H72N2O15/c1-23(14-16-30-37(52)35-31(22-59-43(35)55)26(4)38(30)58-13)15-17-34(50)62-39-32(47(10)11)18-25(3)60-44(39)63-41-27(5)36(51)28(6)42(54)61-33(21-49)46(9,57)40(53)29(7)48(12)20-24(2)19-45(41,8)56/h14,24-25,27-29,32-33,39-41,44,49,52-53,56-57H,15-22H2,1-13H3/b23-14+/t24-,25-,27+,28-,29-,32+,33-,39-,40-,41-,44-,45-,46-/m1/s1. The van der Waals surface area contributed by atoms with Gasteiger partial charge in [0.15, 0.2) is 24.3 Å². The van der Waals surface area contributed by atoms with Crippen molar-refractivity contribution >= 4 is 23.7 Å². The van der Waals surface area contributed by atoms with Crippen LogP contribution in [-0.2, 0) is 51.1 Å². The highest BCUT2D eigenvalue weighted by Crippen LogP contribution is 2.42. The van der Waals surface area contributed by atoms with Crippen LogP contribution in [0.4, 0.5) is 0 Å². The number of cyclic esters (lactones) is 2. The van der Waals surface area contributed by atoms with Crippen LogP contribution >= 0.6 is 0 Å². The number of aliphatic hydroxyl groups excluding tert-OH is 2. The van der Waals surface area contributed by atoms with Gasteiger partial charge >= 0.3 is 17.9 Å². The summed E-state index contributed by atoms with van der Waals surface area (Å²) in [7, 11) is 6.90. The molecule has 5 N–H and O–H groups in total. The smallest absolute Gasteiger partial charge is 0.342 e. The normalized spacial score (nSPS) is 35.4. The number of carbonyl (C=O) groups excluding carboxylic acids is 4. The zero-order valence-corrected chi connectivity index (χ0v) is 39.3. The van der Waals surface area contributed by atoms with Gasteiger partial charge < -0.3 is 63.8 Å². The first kappa shape index (κ1) is 51.9. The summed E-state index contributed by atoms with van der Waals surface area (Å²) in [5.41, 5.74) is -1.16. The first-order valence-corrected chi connectivity index (χ1v) is 21.9. The number of carbonyl (C=O) groups is 4. The van der Waals surface area contributed by atoms with Crippen molar-refractivity contribution in [2.75, 3.05) is 41.4 Å². The SMILES string of the molecule is COc1c(C)c2c(c(O)c1C/C=C(\C)CCC(=O)O[C@H]1[C@@H](O[C@@H]3[C@@H](C)C(=O)[C@@H](C)C(=O)O[C@H](CO)[C@@](C)(O)[C@H](O)[C@@H](C)N(C)C[C@H](C)C[C@@]3(C)O)O[C@H](C)C[C@@H]1N(C)C)C(=O)OC2. The average Bonchev–Trinajstić information content (AvgIpc) is 3.61. The number of ether oxygens (including phenoxy) is 6. The van der Waals surface area contributed by atoms with Crippen LogP contribution < -0.4 is 4.74 Å². The van der Waals surface area contributed by atoms with Crippen LogP contribution in [0.5, 0.6) is 11.5 Å². The number of hydrogen-bond acceptors (Lipinski definition) is 17. The molecular weight excluding hydrogens is 821 g/mol. The Morgan fingerprint density at radius 3 is 2.32 bits per heavy atom. The van der Waals surface area contributed by atoms with Crippen LogP contribution in [0.15, 0.2) is 11.6 Å². The monoisotopic (exact) mass is 892 g/mol. The number of esters is 3. The second-order valence-electron chi connectivity index (χ2n) is 18.8. The van der Waals surface area contributed by atoms with E-state index in [9.17, 15) is 44.7 Å². The maximum atomic E-state index is 14.2. The third-order valence-corrected chi connectivity index (χ3v) is 13.3. The van der Waals surface area contributed by atoms with Gasteiger partial charge in [-0.1, -0.05) is 25.5 Å². The molecule has 0 radical (unpaired) electrons. The second-order valence-corrected chi connectivity index (χ2v) is 18.8. The van der Waals surface area contributed by atoms with Crippen LogP contribution in [0, 0.1) is 24.7 Å². The summed E-state index contributed by atoms with van der Waals surface area (Å²) >= 11 is 0. The number of likely N-dealkylation sites (N-methyl/N-ethyl adjacent to an activating group) is 2. The molecule has 17 heteroatoms. The number of phenols is 1. The minimum absolute atomic E-state index is 0.0323. The van der Waals surface area contributed by atoms with Gasteiger partial charge in [-0.3, -0.25) is 14.4 Å². The number of phenolic OH excluding ortho intramolecular Hbond substituents is 1. The molecule has 4 rings (SSSR count). The summed E-state index contributed by atoms with van der Waals surface area (Å²) < 4.78 is 35.5. The number of allylic oxidation sites excluding steroid dienone is 2. The highest BCUT2D eigenvalue weighted by Gasteiger charge is 2.51. The predicted molar refractivity (Wildman–Crippen MR) is 230 cm³/mol. The highest BCUT2D eigenvalue weighted by atomic mass is 16.7. The van der Waals surface area contributed by atoms with E-state index in [1.165, 1.54) is 27.9 Å². The molecule has 0 unspecified atom stereocenters. The Morgan fingerprint density at radius 2 is 1.71 bits per heavy atom. The summed E-state index contributed by atoms with van der Waals surface area (Å²) in [4.78, 5) is 57.5. The minimum atomic E-state index is -2.09. The van der Waals surface area contributed by atoms with Gasteiger partial charge in [-0.25, -0.2) is 4.79 Å². The molecule has 3 aliphatic rings. The third-order valence-electron chi connectivity index (χ3n) is 13.3. The summed E-state index contributed by atoms with van der Waals surface area (Å²) in [6.45, 7) is 14.3. The van der Waals surface area contributed by atoms with Gasteiger partial charge in [0.05, 0.1) is 37.6 Å². The fourth-order valence-corrected chi connectivity index (χ4v) is 9.34. The number of fused-ring (bicyclic) bond motifs is 1. The number of aromatic hydroxyl groups is 1. The number of rotatable bonds is 11. The van der Waals surface area contributed by atoms with Crippen molar-refractivity contribution in [1.82, 2.24) is 9.80 Å². The molecule has 0 aromatic heterocycles. The molecule has 3 heterocycles. The van der Waals surface area contributed by atoms with Gasteiger partial charge in [0.25, 0.3) is 0 Å². The molecule has 1 aromatic rings. The Hall–Kier alpha value is -3.68. The third kappa shape index (κ3) is 11.6. The highest BCUT2D eigenvalue weighted by molar-refractivity contribution is 6.00. The lowest BCUT2D eigenvalue weighted by Gasteiger charge is -2.46.